The normalized spacial score (nSPS) is 10.7. The molecular formula is C17H23NO3. The summed E-state index contributed by atoms with van der Waals surface area (Å²) < 4.78 is 0. The van der Waals surface area contributed by atoms with Crippen LogP contribution >= 0.6 is 0 Å². The second kappa shape index (κ2) is 10.7. The Bertz CT molecular complexity index is 454. The quantitative estimate of drug-likeness (QED) is 0.650. The van der Waals surface area contributed by atoms with E-state index in [4.69, 9.17) is 5.11 Å². The predicted octanol–water partition coefficient (Wildman–Crippen LogP) is 3.24. The van der Waals surface area contributed by atoms with Crippen molar-refractivity contribution in [2.45, 2.75) is 38.5 Å². The number of aliphatic carboxylic acids is 1. The largest absolute Gasteiger partial charge is 0.481 e. The molecule has 0 aliphatic heterocycles. The Hall–Kier alpha value is -2.10. The van der Waals surface area contributed by atoms with Gasteiger partial charge in [-0.15, -0.1) is 0 Å². The Morgan fingerprint density at radius 3 is 2.33 bits per heavy atom. The molecule has 2 N–H and O–H groups in total. The lowest BCUT2D eigenvalue weighted by molar-refractivity contribution is -0.137. The third-order valence-corrected chi connectivity index (χ3v) is 3.07. The Balaban J connectivity index is 2.01. The number of rotatable bonds is 10. The van der Waals surface area contributed by atoms with Crippen LogP contribution in [-0.2, 0) is 9.59 Å². The first kappa shape index (κ1) is 17.0. The monoisotopic (exact) mass is 289 g/mol. The summed E-state index contributed by atoms with van der Waals surface area (Å²) in [6.45, 7) is 0.534. The SMILES string of the molecule is O=C(O)CCCCCCC(=O)NC/C=C/c1ccccc1. The molecule has 114 valence electrons. The first-order valence-corrected chi connectivity index (χ1v) is 7.38. The van der Waals surface area contributed by atoms with E-state index in [0.29, 0.717) is 19.4 Å². The maximum absolute atomic E-state index is 11.6. The lowest BCUT2D eigenvalue weighted by Crippen LogP contribution is -2.22. The van der Waals surface area contributed by atoms with E-state index >= 15 is 0 Å². The fourth-order valence-corrected chi connectivity index (χ4v) is 1.94. The Labute approximate surface area is 125 Å². The number of carbonyl (C=O) groups excluding carboxylic acids is 1. The van der Waals surface area contributed by atoms with E-state index in [2.05, 4.69) is 5.32 Å². The molecule has 0 saturated heterocycles. The lowest BCUT2D eigenvalue weighted by Gasteiger charge is -2.02. The second-order valence-corrected chi connectivity index (χ2v) is 4.93. The lowest BCUT2D eigenvalue weighted by atomic mass is 10.1. The summed E-state index contributed by atoms with van der Waals surface area (Å²) in [7, 11) is 0. The van der Waals surface area contributed by atoms with Gasteiger partial charge in [-0.05, 0) is 18.4 Å². The molecule has 0 bridgehead atoms. The van der Waals surface area contributed by atoms with Crippen molar-refractivity contribution in [1.29, 1.82) is 0 Å². The number of hydrogen-bond donors (Lipinski definition) is 2. The van der Waals surface area contributed by atoms with Gasteiger partial charge in [0.2, 0.25) is 5.91 Å². The van der Waals surface area contributed by atoms with Gasteiger partial charge in [0.05, 0.1) is 0 Å². The summed E-state index contributed by atoms with van der Waals surface area (Å²) in [5, 5.41) is 11.3. The molecule has 0 unspecified atom stereocenters. The van der Waals surface area contributed by atoms with Crippen LogP contribution in [0, 0.1) is 0 Å². The molecule has 4 heteroatoms. The fourth-order valence-electron chi connectivity index (χ4n) is 1.94. The van der Waals surface area contributed by atoms with Gasteiger partial charge >= 0.3 is 5.97 Å². The highest BCUT2D eigenvalue weighted by Gasteiger charge is 2.00. The van der Waals surface area contributed by atoms with Crippen molar-refractivity contribution in [2.75, 3.05) is 6.54 Å². The van der Waals surface area contributed by atoms with Crippen molar-refractivity contribution in [1.82, 2.24) is 5.32 Å². The number of carboxylic acid groups (broad SMARTS) is 1. The zero-order valence-corrected chi connectivity index (χ0v) is 12.3. The van der Waals surface area contributed by atoms with Crippen molar-refractivity contribution in [2.24, 2.45) is 0 Å². The molecule has 0 atom stereocenters. The number of unbranched alkanes of at least 4 members (excludes halogenated alkanes) is 3. The van der Waals surface area contributed by atoms with Gasteiger partial charge in [0.15, 0.2) is 0 Å². The van der Waals surface area contributed by atoms with E-state index in [0.717, 1.165) is 24.8 Å². The van der Waals surface area contributed by atoms with Gasteiger partial charge in [0.1, 0.15) is 0 Å². The molecule has 1 amide bonds. The van der Waals surface area contributed by atoms with Crippen molar-refractivity contribution < 1.29 is 14.7 Å². The standard InChI is InChI=1S/C17H23NO3/c19-16(12-6-1-2-7-13-17(20)21)18-14-8-11-15-9-4-3-5-10-15/h3-5,8-11H,1-2,6-7,12-14H2,(H,18,19)(H,20,21)/b11-8+. The summed E-state index contributed by atoms with van der Waals surface area (Å²) in [5.74, 6) is -0.705. The number of amides is 1. The highest BCUT2D eigenvalue weighted by Crippen LogP contribution is 2.05. The molecule has 0 spiro atoms. The Morgan fingerprint density at radius 2 is 1.67 bits per heavy atom. The third kappa shape index (κ3) is 9.44. The van der Waals surface area contributed by atoms with Crippen molar-refractivity contribution in [3.8, 4) is 0 Å². The first-order valence-electron chi connectivity index (χ1n) is 7.38. The summed E-state index contributed by atoms with van der Waals surface area (Å²) in [6, 6.07) is 9.94. The molecule has 0 aliphatic carbocycles. The van der Waals surface area contributed by atoms with Gasteiger partial charge in [-0.25, -0.2) is 0 Å². The van der Waals surface area contributed by atoms with Crippen LogP contribution in [0.2, 0.25) is 0 Å². The first-order chi connectivity index (χ1) is 10.2. The van der Waals surface area contributed by atoms with Gasteiger partial charge in [0.25, 0.3) is 0 Å². The number of nitrogens with one attached hydrogen (secondary N) is 1. The van der Waals surface area contributed by atoms with Gasteiger partial charge < -0.3 is 10.4 Å². The van der Waals surface area contributed by atoms with Gasteiger partial charge in [0, 0.05) is 19.4 Å². The Kier molecular flexibility index (Phi) is 8.61. The summed E-state index contributed by atoms with van der Waals surface area (Å²) in [4.78, 5) is 21.9. The van der Waals surface area contributed by atoms with Crippen LogP contribution in [0.1, 0.15) is 44.1 Å². The van der Waals surface area contributed by atoms with E-state index in [1.807, 2.05) is 42.5 Å². The van der Waals surface area contributed by atoms with Crippen molar-refractivity contribution in [3.05, 3.63) is 42.0 Å². The van der Waals surface area contributed by atoms with Crippen LogP contribution in [0.25, 0.3) is 6.08 Å². The van der Waals surface area contributed by atoms with Crippen molar-refractivity contribution >= 4 is 18.0 Å². The molecule has 1 aromatic carbocycles. The smallest absolute Gasteiger partial charge is 0.303 e. The minimum atomic E-state index is -0.752. The van der Waals surface area contributed by atoms with Gasteiger partial charge in [-0.1, -0.05) is 55.3 Å². The highest BCUT2D eigenvalue weighted by atomic mass is 16.4. The zero-order chi connectivity index (χ0) is 15.3. The summed E-state index contributed by atoms with van der Waals surface area (Å²) >= 11 is 0. The molecule has 0 radical (unpaired) electrons. The fraction of sp³-hybridized carbons (Fsp3) is 0.412. The summed E-state index contributed by atoms with van der Waals surface area (Å²) in [6.07, 6.45) is 7.91. The second-order valence-electron chi connectivity index (χ2n) is 4.93. The molecule has 0 aliphatic rings. The zero-order valence-electron chi connectivity index (χ0n) is 12.3. The van der Waals surface area contributed by atoms with Crippen LogP contribution in [-0.4, -0.2) is 23.5 Å². The van der Waals surface area contributed by atoms with Crippen LogP contribution < -0.4 is 5.32 Å². The minimum absolute atomic E-state index is 0.0472. The maximum Gasteiger partial charge on any atom is 0.303 e. The third-order valence-electron chi connectivity index (χ3n) is 3.07. The molecule has 0 saturated carbocycles. The average molecular weight is 289 g/mol. The number of carboxylic acids is 1. The maximum atomic E-state index is 11.6. The van der Waals surface area contributed by atoms with E-state index in [1.54, 1.807) is 0 Å². The average Bonchev–Trinajstić information content (AvgIpc) is 2.48. The van der Waals surface area contributed by atoms with E-state index in [1.165, 1.54) is 0 Å². The molecule has 0 heterocycles. The van der Waals surface area contributed by atoms with Gasteiger partial charge in [-0.3, -0.25) is 9.59 Å². The van der Waals surface area contributed by atoms with Crippen LogP contribution in [0.5, 0.6) is 0 Å². The number of hydrogen-bond acceptors (Lipinski definition) is 2. The Morgan fingerprint density at radius 1 is 1.00 bits per heavy atom. The molecule has 1 rings (SSSR count). The molecule has 1 aromatic rings. The van der Waals surface area contributed by atoms with E-state index < -0.39 is 5.97 Å². The van der Waals surface area contributed by atoms with Crippen LogP contribution in [0.15, 0.2) is 36.4 Å². The van der Waals surface area contributed by atoms with Crippen LogP contribution in [0.4, 0.5) is 0 Å². The molecule has 0 fully saturated rings. The predicted molar refractivity (Wildman–Crippen MR) is 83.8 cm³/mol. The minimum Gasteiger partial charge on any atom is -0.481 e. The molecule has 4 nitrogen and oxygen atoms in total. The van der Waals surface area contributed by atoms with E-state index in [-0.39, 0.29) is 12.3 Å². The topological polar surface area (TPSA) is 66.4 Å². The number of benzene rings is 1. The van der Waals surface area contributed by atoms with Crippen molar-refractivity contribution in [3.63, 3.8) is 0 Å². The number of carbonyl (C=O) groups is 2. The van der Waals surface area contributed by atoms with Gasteiger partial charge in [-0.2, -0.15) is 0 Å². The molecule has 21 heavy (non-hydrogen) atoms. The highest BCUT2D eigenvalue weighted by molar-refractivity contribution is 5.76. The summed E-state index contributed by atoms with van der Waals surface area (Å²) in [5.41, 5.74) is 1.12. The van der Waals surface area contributed by atoms with E-state index in [9.17, 15) is 9.59 Å². The molecule has 0 aromatic heterocycles. The molecular weight excluding hydrogens is 266 g/mol. The van der Waals surface area contributed by atoms with Crippen LogP contribution in [0.3, 0.4) is 0 Å².